The molecule has 1 unspecified atom stereocenters. The Morgan fingerprint density at radius 1 is 1.12 bits per heavy atom. The molecule has 90 valence electrons. The topological polar surface area (TPSA) is 3.24 Å². The van der Waals surface area contributed by atoms with Gasteiger partial charge in [0.1, 0.15) is 0 Å². The van der Waals surface area contributed by atoms with Crippen molar-refractivity contribution < 1.29 is 0 Å². The number of anilines is 1. The standard InChI is InChI=1S/C16H21N/c1-12-16(13-8-4-3-5-9-13)14-10-6-7-11-15(14)17(12)2/h6-7,10-11,13,16H,1,3-5,8-9H2,2H3. The van der Waals surface area contributed by atoms with Crippen LogP contribution < -0.4 is 4.90 Å². The summed E-state index contributed by atoms with van der Waals surface area (Å²) in [6.45, 7) is 4.33. The van der Waals surface area contributed by atoms with Crippen LogP contribution in [0.1, 0.15) is 43.6 Å². The first kappa shape index (κ1) is 10.9. The zero-order valence-corrected chi connectivity index (χ0v) is 10.7. The van der Waals surface area contributed by atoms with E-state index in [9.17, 15) is 0 Å². The summed E-state index contributed by atoms with van der Waals surface area (Å²) in [5, 5.41) is 0. The molecule has 1 heterocycles. The first-order valence-corrected chi connectivity index (χ1v) is 6.80. The van der Waals surface area contributed by atoms with Gasteiger partial charge in [0.05, 0.1) is 0 Å². The molecule has 0 N–H and O–H groups in total. The molecule has 0 amide bonds. The highest BCUT2D eigenvalue weighted by Gasteiger charge is 2.35. The lowest BCUT2D eigenvalue weighted by Crippen LogP contribution is -2.19. The molecule has 2 aliphatic rings. The number of hydrogen-bond acceptors (Lipinski definition) is 1. The van der Waals surface area contributed by atoms with Gasteiger partial charge in [-0.25, -0.2) is 0 Å². The minimum Gasteiger partial charge on any atom is -0.348 e. The number of nitrogens with zero attached hydrogens (tertiary/aromatic N) is 1. The number of benzene rings is 1. The van der Waals surface area contributed by atoms with Crippen molar-refractivity contribution in [3.05, 3.63) is 42.1 Å². The summed E-state index contributed by atoms with van der Waals surface area (Å²) in [6.07, 6.45) is 6.99. The molecule has 1 aliphatic carbocycles. The number of fused-ring (bicyclic) bond motifs is 1. The molecule has 0 radical (unpaired) electrons. The van der Waals surface area contributed by atoms with Crippen LogP contribution in [0, 0.1) is 5.92 Å². The smallest absolute Gasteiger partial charge is 0.0445 e. The molecule has 0 bridgehead atoms. The van der Waals surface area contributed by atoms with Gasteiger partial charge in [0.25, 0.3) is 0 Å². The molecule has 1 fully saturated rings. The minimum atomic E-state index is 0.580. The summed E-state index contributed by atoms with van der Waals surface area (Å²) >= 11 is 0. The Balaban J connectivity index is 1.97. The van der Waals surface area contributed by atoms with E-state index in [1.165, 1.54) is 49.1 Å². The molecular formula is C16H21N. The molecule has 0 saturated heterocycles. The molecule has 0 aromatic heterocycles. The minimum absolute atomic E-state index is 0.580. The van der Waals surface area contributed by atoms with Gasteiger partial charge >= 0.3 is 0 Å². The van der Waals surface area contributed by atoms with Crippen LogP contribution in [0.25, 0.3) is 0 Å². The zero-order valence-electron chi connectivity index (χ0n) is 10.7. The molecule has 1 saturated carbocycles. The predicted molar refractivity (Wildman–Crippen MR) is 73.3 cm³/mol. The van der Waals surface area contributed by atoms with Crippen molar-refractivity contribution in [1.29, 1.82) is 0 Å². The maximum absolute atomic E-state index is 4.33. The van der Waals surface area contributed by atoms with E-state index in [0.717, 1.165) is 5.92 Å². The van der Waals surface area contributed by atoms with Crippen LogP contribution in [0.3, 0.4) is 0 Å². The lowest BCUT2D eigenvalue weighted by atomic mass is 9.76. The van der Waals surface area contributed by atoms with E-state index in [1.807, 2.05) is 0 Å². The van der Waals surface area contributed by atoms with Gasteiger partial charge in [-0.3, -0.25) is 0 Å². The highest BCUT2D eigenvalue weighted by molar-refractivity contribution is 5.67. The first-order valence-electron chi connectivity index (χ1n) is 6.80. The van der Waals surface area contributed by atoms with Gasteiger partial charge in [-0.2, -0.15) is 0 Å². The SMILES string of the molecule is C=C1C(C2CCCCC2)c2ccccc2N1C. The van der Waals surface area contributed by atoms with Crippen molar-refractivity contribution in [1.82, 2.24) is 0 Å². The zero-order chi connectivity index (χ0) is 11.8. The van der Waals surface area contributed by atoms with Crippen molar-refractivity contribution in [2.75, 3.05) is 11.9 Å². The van der Waals surface area contributed by atoms with E-state index in [2.05, 4.69) is 42.8 Å². The van der Waals surface area contributed by atoms with Crippen molar-refractivity contribution in [3.63, 3.8) is 0 Å². The largest absolute Gasteiger partial charge is 0.348 e. The van der Waals surface area contributed by atoms with Crippen molar-refractivity contribution in [2.45, 2.75) is 38.0 Å². The van der Waals surface area contributed by atoms with Gasteiger partial charge in [0.2, 0.25) is 0 Å². The van der Waals surface area contributed by atoms with E-state index in [-0.39, 0.29) is 0 Å². The fraction of sp³-hybridized carbons (Fsp3) is 0.500. The highest BCUT2D eigenvalue weighted by Crippen LogP contribution is 2.49. The fourth-order valence-electron chi connectivity index (χ4n) is 3.59. The Labute approximate surface area is 104 Å². The van der Waals surface area contributed by atoms with E-state index in [1.54, 1.807) is 0 Å². The molecule has 1 aliphatic heterocycles. The van der Waals surface area contributed by atoms with Crippen molar-refractivity contribution in [3.8, 4) is 0 Å². The van der Waals surface area contributed by atoms with Gasteiger partial charge in [0.15, 0.2) is 0 Å². The van der Waals surface area contributed by atoms with Crippen LogP contribution in [0.4, 0.5) is 5.69 Å². The van der Waals surface area contributed by atoms with Gasteiger partial charge < -0.3 is 4.90 Å². The van der Waals surface area contributed by atoms with E-state index < -0.39 is 0 Å². The Morgan fingerprint density at radius 2 is 1.82 bits per heavy atom. The van der Waals surface area contributed by atoms with Crippen LogP contribution in [0.2, 0.25) is 0 Å². The molecule has 1 nitrogen and oxygen atoms in total. The molecule has 1 aromatic rings. The second-order valence-corrected chi connectivity index (χ2v) is 5.48. The molecule has 0 spiro atoms. The highest BCUT2D eigenvalue weighted by atomic mass is 15.1. The van der Waals surface area contributed by atoms with Crippen LogP contribution in [0.15, 0.2) is 36.5 Å². The maximum atomic E-state index is 4.33. The molecule has 17 heavy (non-hydrogen) atoms. The average Bonchev–Trinajstić information content (AvgIpc) is 2.64. The molecule has 1 heteroatoms. The molecule has 1 aromatic carbocycles. The Hall–Kier alpha value is -1.24. The van der Waals surface area contributed by atoms with Crippen molar-refractivity contribution in [2.24, 2.45) is 5.92 Å². The Morgan fingerprint density at radius 3 is 2.59 bits per heavy atom. The molecule has 3 rings (SSSR count). The Bertz CT molecular complexity index is 429. The van der Waals surface area contributed by atoms with E-state index >= 15 is 0 Å². The third-order valence-corrected chi connectivity index (χ3v) is 4.54. The van der Waals surface area contributed by atoms with Gasteiger partial charge in [-0.15, -0.1) is 0 Å². The summed E-state index contributed by atoms with van der Waals surface area (Å²) in [5.41, 5.74) is 4.18. The average molecular weight is 227 g/mol. The summed E-state index contributed by atoms with van der Waals surface area (Å²) in [5.74, 6) is 1.40. The maximum Gasteiger partial charge on any atom is 0.0445 e. The van der Waals surface area contributed by atoms with Crippen molar-refractivity contribution >= 4 is 5.69 Å². The normalized spacial score (nSPS) is 25.1. The lowest BCUT2D eigenvalue weighted by Gasteiger charge is -2.29. The van der Waals surface area contributed by atoms with Gasteiger partial charge in [0, 0.05) is 24.4 Å². The Kier molecular flexibility index (Phi) is 2.70. The van der Waals surface area contributed by atoms with Crippen LogP contribution in [-0.4, -0.2) is 7.05 Å². The monoisotopic (exact) mass is 227 g/mol. The number of para-hydroxylation sites is 1. The lowest BCUT2D eigenvalue weighted by molar-refractivity contribution is 0.328. The summed E-state index contributed by atoms with van der Waals surface area (Å²) in [6, 6.07) is 8.82. The number of hydrogen-bond donors (Lipinski definition) is 0. The fourth-order valence-corrected chi connectivity index (χ4v) is 3.59. The van der Waals surface area contributed by atoms with Crippen LogP contribution in [-0.2, 0) is 0 Å². The van der Waals surface area contributed by atoms with Gasteiger partial charge in [-0.05, 0) is 30.4 Å². The summed E-state index contributed by atoms with van der Waals surface area (Å²) in [4.78, 5) is 2.29. The summed E-state index contributed by atoms with van der Waals surface area (Å²) < 4.78 is 0. The number of likely N-dealkylation sites (N-methyl/N-ethyl adjacent to an activating group) is 1. The quantitative estimate of drug-likeness (QED) is 0.691. The second-order valence-electron chi connectivity index (χ2n) is 5.48. The van der Waals surface area contributed by atoms with Crippen LogP contribution in [0.5, 0.6) is 0 Å². The van der Waals surface area contributed by atoms with E-state index in [0.29, 0.717) is 5.92 Å². The molecular weight excluding hydrogens is 206 g/mol. The number of rotatable bonds is 1. The molecule has 1 atom stereocenters. The van der Waals surface area contributed by atoms with Crippen LogP contribution >= 0.6 is 0 Å². The second kappa shape index (κ2) is 4.21. The third-order valence-electron chi connectivity index (χ3n) is 4.54. The third kappa shape index (κ3) is 1.69. The van der Waals surface area contributed by atoms with E-state index in [4.69, 9.17) is 0 Å². The summed E-state index contributed by atoms with van der Waals surface area (Å²) in [7, 11) is 2.16. The number of allylic oxidation sites excluding steroid dienone is 1. The van der Waals surface area contributed by atoms with Gasteiger partial charge in [-0.1, -0.05) is 44.0 Å². The predicted octanol–water partition coefficient (Wildman–Crippen LogP) is 4.31. The first-order chi connectivity index (χ1) is 8.29.